The van der Waals surface area contributed by atoms with Crippen LogP contribution in [0.5, 0.6) is 0 Å². The Kier molecular flexibility index (Phi) is 4.31. The number of Topliss-reactive ketones (excluding diaryl/α,β-unsaturated/α-hetero) is 1. The lowest BCUT2D eigenvalue weighted by atomic mass is 10.1. The van der Waals surface area contributed by atoms with Crippen molar-refractivity contribution in [2.75, 3.05) is 6.61 Å². The maximum Gasteiger partial charge on any atom is 0.340 e. The van der Waals surface area contributed by atoms with Gasteiger partial charge in [-0.15, -0.1) is 0 Å². The fourth-order valence-corrected chi connectivity index (χ4v) is 1.76. The highest BCUT2D eigenvalue weighted by atomic mass is 35.5. The molecule has 0 heterocycles. The molecule has 2 rings (SSSR count). The van der Waals surface area contributed by atoms with Crippen molar-refractivity contribution in [2.45, 2.75) is 0 Å². The van der Waals surface area contributed by atoms with Crippen molar-refractivity contribution in [3.05, 3.63) is 70.7 Å². The summed E-state index contributed by atoms with van der Waals surface area (Å²) >= 11 is 5.87. The van der Waals surface area contributed by atoms with Crippen LogP contribution in [0.3, 0.4) is 0 Å². The molecule has 0 radical (unpaired) electrons. The number of ether oxygens (including phenoxy) is 1. The minimum absolute atomic E-state index is 0.249. The average Bonchev–Trinajstić information content (AvgIpc) is 2.46. The third kappa shape index (κ3) is 3.42. The molecule has 0 aliphatic heterocycles. The number of hydrogen-bond donors (Lipinski definition) is 0. The zero-order chi connectivity index (χ0) is 13.7. The number of halogens is 1. The monoisotopic (exact) mass is 274 g/mol. The first kappa shape index (κ1) is 13.3. The van der Waals surface area contributed by atoms with Crippen molar-refractivity contribution in [3.8, 4) is 0 Å². The zero-order valence-electron chi connectivity index (χ0n) is 10.0. The summed E-state index contributed by atoms with van der Waals surface area (Å²) in [5.41, 5.74) is 0.763. The normalized spacial score (nSPS) is 9.95. The van der Waals surface area contributed by atoms with Crippen LogP contribution < -0.4 is 0 Å². The predicted octanol–water partition coefficient (Wildman–Crippen LogP) is 3.38. The van der Waals surface area contributed by atoms with Crippen LogP contribution in [-0.4, -0.2) is 18.4 Å². The Morgan fingerprint density at radius 2 is 1.58 bits per heavy atom. The molecule has 0 aromatic heterocycles. The van der Waals surface area contributed by atoms with Crippen LogP contribution in [0.15, 0.2) is 54.6 Å². The van der Waals surface area contributed by atoms with Crippen molar-refractivity contribution in [2.24, 2.45) is 0 Å². The van der Waals surface area contributed by atoms with Gasteiger partial charge in [-0.05, 0) is 12.1 Å². The van der Waals surface area contributed by atoms with Gasteiger partial charge in [-0.25, -0.2) is 4.79 Å². The van der Waals surface area contributed by atoms with Gasteiger partial charge in [-0.1, -0.05) is 54.1 Å². The molecule has 0 amide bonds. The van der Waals surface area contributed by atoms with Crippen molar-refractivity contribution < 1.29 is 14.3 Å². The van der Waals surface area contributed by atoms with Crippen LogP contribution >= 0.6 is 11.6 Å². The largest absolute Gasteiger partial charge is 0.454 e. The lowest BCUT2D eigenvalue weighted by Crippen LogP contribution is -2.14. The molecule has 0 unspecified atom stereocenters. The van der Waals surface area contributed by atoms with Crippen molar-refractivity contribution in [1.29, 1.82) is 0 Å². The number of ketones is 1. The summed E-state index contributed by atoms with van der Waals surface area (Å²) in [6.07, 6.45) is 0. The number of esters is 1. The minimum atomic E-state index is -0.602. The lowest BCUT2D eigenvalue weighted by molar-refractivity contribution is 0.0475. The number of rotatable bonds is 4. The SMILES string of the molecule is O=C(COC(=O)c1ccccc1Cl)c1ccccc1. The number of hydrogen-bond acceptors (Lipinski definition) is 3. The van der Waals surface area contributed by atoms with Crippen LogP contribution in [0.25, 0.3) is 0 Å². The Balaban J connectivity index is 1.98. The Bertz CT molecular complexity index is 593. The average molecular weight is 275 g/mol. The smallest absolute Gasteiger partial charge is 0.340 e. The van der Waals surface area contributed by atoms with E-state index in [0.29, 0.717) is 10.6 Å². The molecule has 4 heteroatoms. The molecule has 2 aromatic carbocycles. The van der Waals surface area contributed by atoms with E-state index in [9.17, 15) is 9.59 Å². The molecule has 0 aliphatic carbocycles. The summed E-state index contributed by atoms with van der Waals surface area (Å²) in [6, 6.07) is 15.2. The quantitative estimate of drug-likeness (QED) is 0.634. The van der Waals surface area contributed by atoms with E-state index in [1.165, 1.54) is 0 Å². The molecule has 0 spiro atoms. The van der Waals surface area contributed by atoms with Crippen molar-refractivity contribution >= 4 is 23.4 Å². The van der Waals surface area contributed by atoms with E-state index in [-0.39, 0.29) is 18.0 Å². The van der Waals surface area contributed by atoms with Gasteiger partial charge in [0.05, 0.1) is 10.6 Å². The molecular weight excluding hydrogens is 264 g/mol. The third-order valence-corrected chi connectivity index (χ3v) is 2.85. The summed E-state index contributed by atoms with van der Waals surface area (Å²) in [4.78, 5) is 23.5. The zero-order valence-corrected chi connectivity index (χ0v) is 10.8. The second-order valence-corrected chi connectivity index (χ2v) is 4.25. The van der Waals surface area contributed by atoms with Gasteiger partial charge < -0.3 is 4.74 Å². The second-order valence-electron chi connectivity index (χ2n) is 3.85. The van der Waals surface area contributed by atoms with Gasteiger partial charge in [0, 0.05) is 5.56 Å². The van der Waals surface area contributed by atoms with Crippen LogP contribution in [0, 0.1) is 0 Å². The van der Waals surface area contributed by atoms with Crippen molar-refractivity contribution in [1.82, 2.24) is 0 Å². The molecule has 0 fully saturated rings. The van der Waals surface area contributed by atoms with Gasteiger partial charge in [0.2, 0.25) is 0 Å². The molecule has 3 nitrogen and oxygen atoms in total. The Morgan fingerprint density at radius 3 is 2.26 bits per heavy atom. The fraction of sp³-hybridized carbons (Fsp3) is 0.0667. The number of carbonyl (C=O) groups is 2. The molecule has 0 aliphatic rings. The number of carbonyl (C=O) groups excluding carboxylic acids is 2. The highest BCUT2D eigenvalue weighted by Gasteiger charge is 2.13. The molecule has 0 bridgehead atoms. The minimum Gasteiger partial charge on any atom is -0.454 e. The first-order chi connectivity index (χ1) is 9.18. The molecule has 0 N–H and O–H groups in total. The summed E-state index contributed by atoms with van der Waals surface area (Å²) < 4.78 is 4.95. The van der Waals surface area contributed by atoms with Crippen molar-refractivity contribution in [3.63, 3.8) is 0 Å². The standard InChI is InChI=1S/C15H11ClO3/c16-13-9-5-4-8-12(13)15(18)19-10-14(17)11-6-2-1-3-7-11/h1-9H,10H2. The van der Waals surface area contributed by atoms with E-state index in [0.717, 1.165) is 0 Å². The summed E-state index contributed by atoms with van der Waals surface area (Å²) in [7, 11) is 0. The maximum absolute atomic E-state index is 11.8. The Labute approximate surface area is 115 Å². The van der Waals surface area contributed by atoms with Gasteiger partial charge >= 0.3 is 5.97 Å². The van der Waals surface area contributed by atoms with Crippen LogP contribution in [0.2, 0.25) is 5.02 Å². The fourth-order valence-electron chi connectivity index (χ4n) is 1.54. The highest BCUT2D eigenvalue weighted by Crippen LogP contribution is 2.16. The second kappa shape index (κ2) is 6.16. The van der Waals surface area contributed by atoms with Crippen LogP contribution in [0.1, 0.15) is 20.7 Å². The lowest BCUT2D eigenvalue weighted by Gasteiger charge is -2.05. The molecule has 0 saturated heterocycles. The van der Waals surface area contributed by atoms with E-state index in [4.69, 9.17) is 16.3 Å². The molecule has 0 atom stereocenters. The Hall–Kier alpha value is -2.13. The topological polar surface area (TPSA) is 43.4 Å². The molecule has 2 aromatic rings. The maximum atomic E-state index is 11.8. The third-order valence-electron chi connectivity index (χ3n) is 2.52. The number of benzene rings is 2. The van der Waals surface area contributed by atoms with Gasteiger partial charge in [-0.2, -0.15) is 0 Å². The highest BCUT2D eigenvalue weighted by molar-refractivity contribution is 6.33. The Morgan fingerprint density at radius 1 is 0.947 bits per heavy atom. The van der Waals surface area contributed by atoms with E-state index in [2.05, 4.69) is 0 Å². The van der Waals surface area contributed by atoms with Gasteiger partial charge in [0.15, 0.2) is 12.4 Å². The van der Waals surface area contributed by atoms with Crippen LogP contribution in [-0.2, 0) is 4.74 Å². The van der Waals surface area contributed by atoms with Gasteiger partial charge in [0.25, 0.3) is 0 Å². The van der Waals surface area contributed by atoms with E-state index in [1.54, 1.807) is 48.5 Å². The van der Waals surface area contributed by atoms with E-state index < -0.39 is 5.97 Å². The first-order valence-electron chi connectivity index (χ1n) is 5.68. The molecule has 0 saturated carbocycles. The van der Waals surface area contributed by atoms with Gasteiger partial charge in [0.1, 0.15) is 0 Å². The predicted molar refractivity (Wildman–Crippen MR) is 72.5 cm³/mol. The molecule has 19 heavy (non-hydrogen) atoms. The van der Waals surface area contributed by atoms with E-state index >= 15 is 0 Å². The summed E-state index contributed by atoms with van der Waals surface area (Å²) in [6.45, 7) is -0.298. The van der Waals surface area contributed by atoms with Gasteiger partial charge in [-0.3, -0.25) is 4.79 Å². The molecular formula is C15H11ClO3. The summed E-state index contributed by atoms with van der Waals surface area (Å²) in [5.74, 6) is -0.851. The molecule has 96 valence electrons. The van der Waals surface area contributed by atoms with E-state index in [1.807, 2.05) is 6.07 Å². The van der Waals surface area contributed by atoms with Crippen LogP contribution in [0.4, 0.5) is 0 Å². The first-order valence-corrected chi connectivity index (χ1v) is 6.06. The summed E-state index contributed by atoms with van der Waals surface area (Å²) in [5, 5.41) is 0.305.